The van der Waals surface area contributed by atoms with Crippen molar-refractivity contribution in [1.29, 1.82) is 0 Å². The van der Waals surface area contributed by atoms with Crippen LogP contribution < -0.4 is 10.1 Å². The molecule has 8 nitrogen and oxygen atoms in total. The van der Waals surface area contributed by atoms with Gasteiger partial charge in [0.25, 0.3) is 0 Å². The molecular formula is C18H21N5O3. The van der Waals surface area contributed by atoms with Crippen molar-refractivity contribution in [2.75, 3.05) is 19.0 Å². The lowest BCUT2D eigenvalue weighted by molar-refractivity contribution is -0.129. The fraction of sp³-hybridized carbons (Fsp3) is 0.389. The van der Waals surface area contributed by atoms with Crippen LogP contribution in [-0.2, 0) is 16.6 Å². The maximum Gasteiger partial charge on any atom is 0.231 e. The van der Waals surface area contributed by atoms with Crippen LogP contribution in [0.15, 0.2) is 30.5 Å². The van der Waals surface area contributed by atoms with Crippen LogP contribution in [0.4, 0.5) is 5.82 Å². The predicted molar refractivity (Wildman–Crippen MR) is 95.9 cm³/mol. The van der Waals surface area contributed by atoms with E-state index in [1.165, 1.54) is 0 Å². The average Bonchev–Trinajstić information content (AvgIpc) is 3.27. The maximum atomic E-state index is 12.9. The average molecular weight is 355 g/mol. The Labute approximate surface area is 150 Å². The number of ether oxygens (including phenoxy) is 2. The van der Waals surface area contributed by atoms with Crippen LogP contribution in [0.25, 0.3) is 10.9 Å². The number of hydrogen-bond acceptors (Lipinski definition) is 5. The Balaban J connectivity index is 1.58. The Morgan fingerprint density at radius 2 is 2.31 bits per heavy atom. The number of H-pyrrole nitrogens is 1. The minimum absolute atomic E-state index is 0.0971. The number of rotatable bonds is 4. The first-order valence-corrected chi connectivity index (χ1v) is 8.60. The van der Waals surface area contributed by atoms with Crippen molar-refractivity contribution in [3.63, 3.8) is 0 Å². The predicted octanol–water partition coefficient (Wildman–Crippen LogP) is 2.41. The van der Waals surface area contributed by atoms with Gasteiger partial charge in [0.1, 0.15) is 11.9 Å². The largest absolute Gasteiger partial charge is 0.497 e. The molecule has 0 radical (unpaired) electrons. The smallest absolute Gasteiger partial charge is 0.231 e. The van der Waals surface area contributed by atoms with E-state index in [0.717, 1.165) is 35.2 Å². The highest BCUT2D eigenvalue weighted by molar-refractivity contribution is 6.01. The van der Waals surface area contributed by atoms with Crippen molar-refractivity contribution in [3.8, 4) is 5.75 Å². The number of aryl methyl sites for hydroxylation is 1. The molecule has 0 aliphatic carbocycles. The molecule has 0 saturated carbocycles. The molecule has 26 heavy (non-hydrogen) atoms. The number of fused-ring (bicyclic) bond motifs is 1. The molecule has 0 bridgehead atoms. The molecule has 136 valence electrons. The fourth-order valence-electron chi connectivity index (χ4n) is 3.43. The summed E-state index contributed by atoms with van der Waals surface area (Å²) in [6.45, 7) is 0.644. The van der Waals surface area contributed by atoms with Gasteiger partial charge in [-0.15, -0.1) is 0 Å². The standard InChI is InChI=1S/C18H21N5O3/c1-23-15(7-8-19-23)16-13(4-3-9-26-16)18(24)20-17-12-6-5-11(25-2)10-14(12)21-22-17/h5-8,10,13,16H,3-4,9H2,1-2H3,(H2,20,21,22,24)/t13-,16-/m1/s1. The van der Waals surface area contributed by atoms with E-state index in [0.29, 0.717) is 12.4 Å². The lowest BCUT2D eigenvalue weighted by Crippen LogP contribution is -2.34. The molecule has 3 heterocycles. The third-order valence-electron chi connectivity index (χ3n) is 4.82. The van der Waals surface area contributed by atoms with E-state index in [9.17, 15) is 4.79 Å². The van der Waals surface area contributed by atoms with E-state index >= 15 is 0 Å². The van der Waals surface area contributed by atoms with Crippen molar-refractivity contribution in [1.82, 2.24) is 20.0 Å². The summed E-state index contributed by atoms with van der Waals surface area (Å²) >= 11 is 0. The van der Waals surface area contributed by atoms with Gasteiger partial charge in [-0.3, -0.25) is 14.6 Å². The van der Waals surface area contributed by atoms with Gasteiger partial charge in [-0.25, -0.2) is 0 Å². The van der Waals surface area contributed by atoms with E-state index in [-0.39, 0.29) is 17.9 Å². The summed E-state index contributed by atoms with van der Waals surface area (Å²) in [5.41, 5.74) is 1.71. The molecular weight excluding hydrogens is 334 g/mol. The molecule has 4 rings (SSSR count). The van der Waals surface area contributed by atoms with E-state index < -0.39 is 0 Å². The maximum absolute atomic E-state index is 12.9. The number of methoxy groups -OCH3 is 1. The number of carbonyl (C=O) groups is 1. The number of hydrogen-bond donors (Lipinski definition) is 2. The number of benzene rings is 1. The van der Waals surface area contributed by atoms with Gasteiger partial charge in [0, 0.05) is 31.3 Å². The molecule has 3 aromatic rings. The Kier molecular flexibility index (Phi) is 4.34. The number of aromatic amines is 1. The molecule has 1 saturated heterocycles. The molecule has 2 aromatic heterocycles. The van der Waals surface area contributed by atoms with Gasteiger partial charge < -0.3 is 14.8 Å². The Morgan fingerprint density at radius 1 is 1.42 bits per heavy atom. The molecule has 0 spiro atoms. The van der Waals surface area contributed by atoms with Gasteiger partial charge in [0.2, 0.25) is 5.91 Å². The summed E-state index contributed by atoms with van der Waals surface area (Å²) in [7, 11) is 3.47. The second kappa shape index (κ2) is 6.80. The minimum Gasteiger partial charge on any atom is -0.497 e. The lowest BCUT2D eigenvalue weighted by atomic mass is 9.91. The molecule has 2 N–H and O–H groups in total. The van der Waals surface area contributed by atoms with Crippen LogP contribution in [0.2, 0.25) is 0 Å². The molecule has 1 aliphatic rings. The quantitative estimate of drug-likeness (QED) is 0.749. The summed E-state index contributed by atoms with van der Waals surface area (Å²) in [5.74, 6) is 0.863. The molecule has 8 heteroatoms. The summed E-state index contributed by atoms with van der Waals surface area (Å²) in [5, 5.41) is 15.2. The topological polar surface area (TPSA) is 94.1 Å². The number of carbonyl (C=O) groups excluding carboxylic acids is 1. The third-order valence-corrected chi connectivity index (χ3v) is 4.82. The van der Waals surface area contributed by atoms with Crippen LogP contribution in [-0.4, -0.2) is 39.6 Å². The third kappa shape index (κ3) is 2.92. The highest BCUT2D eigenvalue weighted by atomic mass is 16.5. The zero-order valence-electron chi connectivity index (χ0n) is 14.7. The highest BCUT2D eigenvalue weighted by Crippen LogP contribution is 2.34. The normalized spacial score (nSPS) is 20.2. The Hall–Kier alpha value is -2.87. The molecule has 1 aromatic carbocycles. The fourth-order valence-corrected chi connectivity index (χ4v) is 3.43. The van der Waals surface area contributed by atoms with E-state index in [4.69, 9.17) is 9.47 Å². The second-order valence-corrected chi connectivity index (χ2v) is 6.39. The highest BCUT2D eigenvalue weighted by Gasteiger charge is 2.35. The summed E-state index contributed by atoms with van der Waals surface area (Å²) in [6.07, 6.45) is 3.03. The second-order valence-electron chi connectivity index (χ2n) is 6.39. The van der Waals surface area contributed by atoms with Crippen molar-refractivity contribution in [2.24, 2.45) is 13.0 Å². The van der Waals surface area contributed by atoms with Crippen LogP contribution >= 0.6 is 0 Å². The summed E-state index contributed by atoms with van der Waals surface area (Å²) < 4.78 is 12.9. The monoisotopic (exact) mass is 355 g/mol. The summed E-state index contributed by atoms with van der Waals surface area (Å²) in [4.78, 5) is 12.9. The Morgan fingerprint density at radius 3 is 3.08 bits per heavy atom. The number of amides is 1. The van der Waals surface area contributed by atoms with Crippen LogP contribution in [0, 0.1) is 5.92 Å². The van der Waals surface area contributed by atoms with Crippen molar-refractivity contribution in [3.05, 3.63) is 36.2 Å². The van der Waals surface area contributed by atoms with Crippen LogP contribution in [0.3, 0.4) is 0 Å². The zero-order chi connectivity index (χ0) is 18.1. The number of nitrogens with zero attached hydrogens (tertiary/aromatic N) is 3. The molecule has 0 unspecified atom stereocenters. The SMILES string of the molecule is COc1ccc2c(NC(=O)[C@@H]3CCCO[C@H]3c3ccnn3C)n[nH]c2c1. The first-order chi connectivity index (χ1) is 12.7. The van der Waals surface area contributed by atoms with Gasteiger partial charge in [-0.2, -0.15) is 10.2 Å². The first kappa shape index (κ1) is 16.6. The van der Waals surface area contributed by atoms with Gasteiger partial charge in [0.15, 0.2) is 5.82 Å². The molecule has 1 fully saturated rings. The lowest BCUT2D eigenvalue weighted by Gasteiger charge is -2.30. The van der Waals surface area contributed by atoms with Crippen molar-refractivity contribution < 1.29 is 14.3 Å². The zero-order valence-corrected chi connectivity index (χ0v) is 14.7. The summed E-state index contributed by atoms with van der Waals surface area (Å²) in [6, 6.07) is 7.46. The Bertz CT molecular complexity index is 932. The van der Waals surface area contributed by atoms with Gasteiger partial charge in [0.05, 0.1) is 24.2 Å². The first-order valence-electron chi connectivity index (χ1n) is 8.60. The number of nitrogens with one attached hydrogen (secondary N) is 2. The molecule has 1 amide bonds. The van der Waals surface area contributed by atoms with E-state index in [2.05, 4.69) is 20.6 Å². The van der Waals surface area contributed by atoms with Gasteiger partial charge in [-0.1, -0.05) is 0 Å². The van der Waals surface area contributed by atoms with Crippen LogP contribution in [0.5, 0.6) is 5.75 Å². The number of anilines is 1. The van der Waals surface area contributed by atoms with Crippen molar-refractivity contribution in [2.45, 2.75) is 18.9 Å². The molecule has 1 aliphatic heterocycles. The van der Waals surface area contributed by atoms with Crippen molar-refractivity contribution >= 4 is 22.6 Å². The van der Waals surface area contributed by atoms with E-state index in [1.54, 1.807) is 18.0 Å². The molecule has 2 atom stereocenters. The van der Waals surface area contributed by atoms with E-state index in [1.807, 2.05) is 31.3 Å². The van der Waals surface area contributed by atoms with Gasteiger partial charge in [-0.05, 0) is 31.0 Å². The van der Waals surface area contributed by atoms with Crippen LogP contribution in [0.1, 0.15) is 24.6 Å². The minimum atomic E-state index is -0.304. The van der Waals surface area contributed by atoms with Gasteiger partial charge >= 0.3 is 0 Å². The number of aromatic nitrogens is 4.